The molecule has 0 aromatic heterocycles. The zero-order valence-electron chi connectivity index (χ0n) is 8.73. The maximum atomic E-state index is 12.8. The Labute approximate surface area is 90.1 Å². The van der Waals surface area contributed by atoms with E-state index in [-0.39, 0.29) is 0 Å². The van der Waals surface area contributed by atoms with Crippen LogP contribution in [0.5, 0.6) is 0 Å². The summed E-state index contributed by atoms with van der Waals surface area (Å²) in [5.74, 6) is -2.17. The summed E-state index contributed by atoms with van der Waals surface area (Å²) in [6.07, 6.45) is -4.65. The van der Waals surface area contributed by atoms with Crippen LogP contribution in [0, 0.1) is 11.7 Å². The topological polar surface area (TPSA) is 17.1 Å². The molecule has 0 bridgehead atoms. The highest BCUT2D eigenvalue weighted by molar-refractivity contribution is 5.98. The Balaban J connectivity index is 3.35. The maximum absolute atomic E-state index is 12.8. The third-order valence-electron chi connectivity index (χ3n) is 2.08. The maximum Gasteiger partial charge on any atom is 0.417 e. The molecule has 16 heavy (non-hydrogen) atoms. The molecule has 0 saturated heterocycles. The molecule has 0 unspecified atom stereocenters. The van der Waals surface area contributed by atoms with Crippen molar-refractivity contribution in [2.75, 3.05) is 0 Å². The Morgan fingerprint density at radius 3 is 2.25 bits per heavy atom. The average molecular weight is 234 g/mol. The predicted molar refractivity (Wildman–Crippen MR) is 50.6 cm³/mol. The summed E-state index contributed by atoms with van der Waals surface area (Å²) in [6.45, 7) is 2.93. The Kier molecular flexibility index (Phi) is 3.35. The second kappa shape index (κ2) is 4.23. The molecule has 0 aliphatic rings. The van der Waals surface area contributed by atoms with Gasteiger partial charge in [0.2, 0.25) is 0 Å². The van der Waals surface area contributed by atoms with Crippen molar-refractivity contribution in [3.63, 3.8) is 0 Å². The molecular weight excluding hydrogens is 224 g/mol. The Morgan fingerprint density at radius 1 is 1.25 bits per heavy atom. The highest BCUT2D eigenvalue weighted by Crippen LogP contribution is 2.33. The number of benzene rings is 1. The fourth-order valence-electron chi connectivity index (χ4n) is 1.28. The van der Waals surface area contributed by atoms with Crippen molar-refractivity contribution < 1.29 is 22.4 Å². The fourth-order valence-corrected chi connectivity index (χ4v) is 1.28. The van der Waals surface area contributed by atoms with Gasteiger partial charge in [-0.3, -0.25) is 4.79 Å². The zero-order chi connectivity index (χ0) is 12.5. The van der Waals surface area contributed by atoms with Crippen LogP contribution in [0.3, 0.4) is 0 Å². The monoisotopic (exact) mass is 234 g/mol. The zero-order valence-corrected chi connectivity index (χ0v) is 8.73. The number of rotatable bonds is 2. The van der Waals surface area contributed by atoms with Crippen molar-refractivity contribution in [1.29, 1.82) is 0 Å². The van der Waals surface area contributed by atoms with Crippen LogP contribution in [0.1, 0.15) is 29.8 Å². The van der Waals surface area contributed by atoms with Crippen molar-refractivity contribution in [3.8, 4) is 0 Å². The van der Waals surface area contributed by atoms with E-state index in [1.807, 2.05) is 0 Å². The third kappa shape index (κ3) is 2.59. The van der Waals surface area contributed by atoms with Crippen LogP contribution < -0.4 is 0 Å². The number of hydrogen-bond acceptors (Lipinski definition) is 1. The van der Waals surface area contributed by atoms with Crippen LogP contribution >= 0.6 is 0 Å². The van der Waals surface area contributed by atoms with Gasteiger partial charge in [-0.2, -0.15) is 13.2 Å². The van der Waals surface area contributed by atoms with E-state index in [4.69, 9.17) is 0 Å². The molecular formula is C11H10F4O. The summed E-state index contributed by atoms with van der Waals surface area (Å²) >= 11 is 0. The van der Waals surface area contributed by atoms with Gasteiger partial charge in [0.1, 0.15) is 5.82 Å². The lowest BCUT2D eigenvalue weighted by atomic mass is 9.96. The van der Waals surface area contributed by atoms with E-state index in [0.717, 1.165) is 0 Å². The minimum atomic E-state index is -4.65. The molecule has 1 aromatic rings. The lowest BCUT2D eigenvalue weighted by Gasteiger charge is -2.13. The van der Waals surface area contributed by atoms with Crippen LogP contribution in [0.4, 0.5) is 17.6 Å². The predicted octanol–water partition coefficient (Wildman–Crippen LogP) is 3.68. The Bertz CT molecular complexity index is 407. The molecule has 0 spiro atoms. The van der Waals surface area contributed by atoms with Gasteiger partial charge in [0, 0.05) is 11.5 Å². The van der Waals surface area contributed by atoms with E-state index in [1.54, 1.807) is 0 Å². The summed E-state index contributed by atoms with van der Waals surface area (Å²) in [5, 5.41) is 0. The van der Waals surface area contributed by atoms with Crippen LogP contribution in [-0.2, 0) is 6.18 Å². The van der Waals surface area contributed by atoms with Crippen LogP contribution in [0.25, 0.3) is 0 Å². The molecule has 0 aliphatic heterocycles. The summed E-state index contributed by atoms with van der Waals surface area (Å²) in [6, 6.07) is 1.91. The highest BCUT2D eigenvalue weighted by Gasteiger charge is 2.35. The first-order chi connectivity index (χ1) is 7.23. The molecule has 1 rings (SSSR count). The third-order valence-corrected chi connectivity index (χ3v) is 2.08. The minimum absolute atomic E-state index is 0.588. The number of Topliss-reactive ketones (excluding diaryl/α,β-unsaturated/α-hetero) is 1. The van der Waals surface area contributed by atoms with Gasteiger partial charge in [-0.15, -0.1) is 0 Å². The largest absolute Gasteiger partial charge is 0.417 e. The van der Waals surface area contributed by atoms with Crippen molar-refractivity contribution in [1.82, 2.24) is 0 Å². The van der Waals surface area contributed by atoms with E-state index in [0.29, 0.717) is 18.2 Å². The SMILES string of the molecule is CC(C)C(=O)c1cc(F)ccc1C(F)(F)F. The van der Waals surface area contributed by atoms with E-state index >= 15 is 0 Å². The first kappa shape index (κ1) is 12.7. The molecule has 0 saturated carbocycles. The summed E-state index contributed by atoms with van der Waals surface area (Å²) in [5.41, 5.74) is -1.70. The molecule has 0 fully saturated rings. The number of hydrogen-bond donors (Lipinski definition) is 0. The first-order valence-corrected chi connectivity index (χ1v) is 4.64. The lowest BCUT2D eigenvalue weighted by molar-refractivity contribution is -0.138. The normalized spacial score (nSPS) is 11.9. The van der Waals surface area contributed by atoms with E-state index < -0.39 is 34.8 Å². The molecule has 1 aromatic carbocycles. The summed E-state index contributed by atoms with van der Waals surface area (Å²) in [4.78, 5) is 11.5. The Hall–Kier alpha value is -1.39. The van der Waals surface area contributed by atoms with Gasteiger partial charge in [-0.05, 0) is 18.2 Å². The molecule has 0 atom stereocenters. The number of carbonyl (C=O) groups is 1. The fraction of sp³-hybridized carbons (Fsp3) is 0.364. The Morgan fingerprint density at radius 2 is 1.81 bits per heavy atom. The molecule has 1 nitrogen and oxygen atoms in total. The standard InChI is InChI=1S/C11H10F4O/c1-6(2)10(16)8-5-7(12)3-4-9(8)11(13,14)15/h3-6H,1-2H3. The van der Waals surface area contributed by atoms with Crippen molar-refractivity contribution in [3.05, 3.63) is 35.1 Å². The second-order valence-electron chi connectivity index (χ2n) is 3.71. The minimum Gasteiger partial charge on any atom is -0.294 e. The van der Waals surface area contributed by atoms with Gasteiger partial charge in [-0.25, -0.2) is 4.39 Å². The first-order valence-electron chi connectivity index (χ1n) is 4.64. The number of carbonyl (C=O) groups excluding carboxylic acids is 1. The van der Waals surface area contributed by atoms with E-state index in [9.17, 15) is 22.4 Å². The number of ketones is 1. The van der Waals surface area contributed by atoms with Crippen molar-refractivity contribution in [2.24, 2.45) is 5.92 Å². The van der Waals surface area contributed by atoms with E-state index in [1.165, 1.54) is 13.8 Å². The number of alkyl halides is 3. The van der Waals surface area contributed by atoms with Gasteiger partial charge in [0.25, 0.3) is 0 Å². The van der Waals surface area contributed by atoms with Crippen molar-refractivity contribution in [2.45, 2.75) is 20.0 Å². The molecule has 0 radical (unpaired) electrons. The molecule has 0 N–H and O–H groups in total. The summed E-state index contributed by atoms with van der Waals surface area (Å²) in [7, 11) is 0. The smallest absolute Gasteiger partial charge is 0.294 e. The average Bonchev–Trinajstić information content (AvgIpc) is 2.14. The van der Waals surface area contributed by atoms with Crippen LogP contribution in [0.2, 0.25) is 0 Å². The van der Waals surface area contributed by atoms with Gasteiger partial charge >= 0.3 is 6.18 Å². The molecule has 0 aliphatic carbocycles. The second-order valence-corrected chi connectivity index (χ2v) is 3.71. The van der Waals surface area contributed by atoms with Gasteiger partial charge in [0.15, 0.2) is 5.78 Å². The molecule has 88 valence electrons. The van der Waals surface area contributed by atoms with Crippen molar-refractivity contribution >= 4 is 5.78 Å². The molecule has 5 heteroatoms. The molecule has 0 heterocycles. The lowest BCUT2D eigenvalue weighted by Crippen LogP contribution is -2.16. The van der Waals surface area contributed by atoms with Gasteiger partial charge < -0.3 is 0 Å². The van der Waals surface area contributed by atoms with E-state index in [2.05, 4.69) is 0 Å². The van der Waals surface area contributed by atoms with Crippen LogP contribution in [-0.4, -0.2) is 5.78 Å². The van der Waals surface area contributed by atoms with Crippen LogP contribution in [0.15, 0.2) is 18.2 Å². The summed E-state index contributed by atoms with van der Waals surface area (Å²) < 4.78 is 50.4. The number of halogens is 4. The quantitative estimate of drug-likeness (QED) is 0.563. The van der Waals surface area contributed by atoms with Gasteiger partial charge in [-0.1, -0.05) is 13.8 Å². The molecule has 0 amide bonds. The highest BCUT2D eigenvalue weighted by atomic mass is 19.4. The van der Waals surface area contributed by atoms with Gasteiger partial charge in [0.05, 0.1) is 5.56 Å².